The van der Waals surface area contributed by atoms with E-state index >= 15 is 0 Å². The standard InChI is InChI=1S/C15H14ClNO/c1-15(11-5-3-2-4-6-11)10-17-13-8-7-12(16)9-14(13)18-15/h2-9,17H,10H2,1H3. The Morgan fingerprint density at radius 2 is 1.94 bits per heavy atom. The van der Waals surface area contributed by atoms with Gasteiger partial charge >= 0.3 is 0 Å². The Labute approximate surface area is 112 Å². The lowest BCUT2D eigenvalue weighted by molar-refractivity contribution is 0.0939. The van der Waals surface area contributed by atoms with E-state index in [1.165, 1.54) is 0 Å². The lowest BCUT2D eigenvalue weighted by Gasteiger charge is -2.37. The molecule has 0 saturated carbocycles. The quantitative estimate of drug-likeness (QED) is 0.834. The summed E-state index contributed by atoms with van der Waals surface area (Å²) in [7, 11) is 0. The SMILES string of the molecule is CC1(c2ccccc2)CNc2ccc(Cl)cc2O1. The van der Waals surface area contributed by atoms with Gasteiger partial charge in [0.15, 0.2) is 0 Å². The summed E-state index contributed by atoms with van der Waals surface area (Å²) in [5, 5.41) is 4.08. The second-order valence-electron chi connectivity index (χ2n) is 4.69. The van der Waals surface area contributed by atoms with Crippen LogP contribution in [-0.4, -0.2) is 6.54 Å². The van der Waals surface area contributed by atoms with Crippen molar-refractivity contribution in [2.24, 2.45) is 0 Å². The minimum Gasteiger partial charge on any atom is -0.479 e. The second-order valence-corrected chi connectivity index (χ2v) is 5.13. The predicted octanol–water partition coefficient (Wildman–Crippen LogP) is 4.06. The van der Waals surface area contributed by atoms with E-state index in [0.717, 1.165) is 23.5 Å². The van der Waals surface area contributed by atoms with Gasteiger partial charge in [0.25, 0.3) is 0 Å². The van der Waals surface area contributed by atoms with Crippen LogP contribution in [0.3, 0.4) is 0 Å². The Balaban J connectivity index is 1.99. The van der Waals surface area contributed by atoms with Gasteiger partial charge in [-0.1, -0.05) is 41.9 Å². The van der Waals surface area contributed by atoms with E-state index in [9.17, 15) is 0 Å². The number of hydrogen-bond donors (Lipinski definition) is 1. The first kappa shape index (κ1) is 11.4. The number of benzene rings is 2. The molecule has 1 heterocycles. The Morgan fingerprint density at radius 3 is 2.72 bits per heavy atom. The molecule has 3 heteroatoms. The van der Waals surface area contributed by atoms with Crippen LogP contribution in [-0.2, 0) is 5.60 Å². The molecule has 92 valence electrons. The number of fused-ring (bicyclic) bond motifs is 1. The molecule has 0 aromatic heterocycles. The summed E-state index contributed by atoms with van der Waals surface area (Å²) in [6.45, 7) is 2.82. The molecular weight excluding hydrogens is 246 g/mol. The zero-order valence-electron chi connectivity index (χ0n) is 10.1. The Kier molecular flexibility index (Phi) is 2.67. The number of halogens is 1. The molecule has 0 fully saturated rings. The molecule has 1 aliphatic rings. The van der Waals surface area contributed by atoms with E-state index in [4.69, 9.17) is 16.3 Å². The molecule has 0 radical (unpaired) electrons. The fraction of sp³-hybridized carbons (Fsp3) is 0.200. The van der Waals surface area contributed by atoms with Crippen LogP contribution in [0.15, 0.2) is 48.5 Å². The molecule has 1 N–H and O–H groups in total. The van der Waals surface area contributed by atoms with Crippen molar-refractivity contribution >= 4 is 17.3 Å². The topological polar surface area (TPSA) is 21.3 Å². The third-order valence-corrected chi connectivity index (χ3v) is 3.51. The smallest absolute Gasteiger partial charge is 0.148 e. The van der Waals surface area contributed by atoms with Crippen LogP contribution in [0.25, 0.3) is 0 Å². The molecule has 1 aliphatic heterocycles. The summed E-state index contributed by atoms with van der Waals surface area (Å²) in [6.07, 6.45) is 0. The van der Waals surface area contributed by atoms with Crippen molar-refractivity contribution in [2.45, 2.75) is 12.5 Å². The zero-order valence-corrected chi connectivity index (χ0v) is 10.9. The molecule has 0 aliphatic carbocycles. The lowest BCUT2D eigenvalue weighted by Crippen LogP contribution is -2.40. The first-order chi connectivity index (χ1) is 8.67. The maximum Gasteiger partial charge on any atom is 0.148 e. The maximum atomic E-state index is 6.14. The Hall–Kier alpha value is -1.67. The van der Waals surface area contributed by atoms with Crippen molar-refractivity contribution in [3.05, 3.63) is 59.1 Å². The van der Waals surface area contributed by atoms with Gasteiger partial charge in [0.2, 0.25) is 0 Å². The normalized spacial score (nSPS) is 21.7. The van der Waals surface area contributed by atoms with Crippen LogP contribution in [0.2, 0.25) is 5.02 Å². The van der Waals surface area contributed by atoms with Gasteiger partial charge in [-0.25, -0.2) is 0 Å². The first-order valence-electron chi connectivity index (χ1n) is 5.95. The average molecular weight is 260 g/mol. The van der Waals surface area contributed by atoms with Crippen molar-refractivity contribution < 1.29 is 4.74 Å². The van der Waals surface area contributed by atoms with Crippen molar-refractivity contribution in [1.82, 2.24) is 0 Å². The zero-order chi connectivity index (χ0) is 12.6. The van der Waals surface area contributed by atoms with Gasteiger partial charge in [0, 0.05) is 11.1 Å². The maximum absolute atomic E-state index is 6.14. The number of rotatable bonds is 1. The summed E-state index contributed by atoms with van der Waals surface area (Å²) < 4.78 is 6.14. The summed E-state index contributed by atoms with van der Waals surface area (Å²) >= 11 is 6.01. The molecule has 2 nitrogen and oxygen atoms in total. The van der Waals surface area contributed by atoms with Gasteiger partial charge in [-0.2, -0.15) is 0 Å². The first-order valence-corrected chi connectivity index (χ1v) is 6.33. The molecule has 18 heavy (non-hydrogen) atoms. The van der Waals surface area contributed by atoms with Crippen LogP contribution in [0.4, 0.5) is 5.69 Å². The summed E-state index contributed by atoms with van der Waals surface area (Å²) in [6, 6.07) is 15.9. The summed E-state index contributed by atoms with van der Waals surface area (Å²) in [5.74, 6) is 0.806. The van der Waals surface area contributed by atoms with Crippen molar-refractivity contribution in [2.75, 3.05) is 11.9 Å². The minimum atomic E-state index is -0.362. The van der Waals surface area contributed by atoms with Gasteiger partial charge in [-0.05, 0) is 24.6 Å². The van der Waals surface area contributed by atoms with E-state index in [-0.39, 0.29) is 5.60 Å². The van der Waals surface area contributed by atoms with E-state index in [2.05, 4.69) is 24.4 Å². The fourth-order valence-corrected chi connectivity index (χ4v) is 2.38. The highest BCUT2D eigenvalue weighted by Crippen LogP contribution is 2.38. The molecule has 0 spiro atoms. The highest BCUT2D eigenvalue weighted by molar-refractivity contribution is 6.30. The van der Waals surface area contributed by atoms with Crippen LogP contribution in [0.1, 0.15) is 12.5 Å². The highest BCUT2D eigenvalue weighted by atomic mass is 35.5. The molecule has 1 unspecified atom stereocenters. The number of nitrogens with one attached hydrogen (secondary N) is 1. The molecule has 2 aromatic rings. The Bertz CT molecular complexity index is 570. The molecule has 3 rings (SSSR count). The third-order valence-electron chi connectivity index (χ3n) is 3.28. The predicted molar refractivity (Wildman–Crippen MR) is 74.4 cm³/mol. The average Bonchev–Trinajstić information content (AvgIpc) is 2.39. The van der Waals surface area contributed by atoms with E-state index in [1.807, 2.05) is 36.4 Å². The number of anilines is 1. The third kappa shape index (κ3) is 1.93. The largest absolute Gasteiger partial charge is 0.479 e. The molecular formula is C15H14ClNO. The van der Waals surface area contributed by atoms with Gasteiger partial charge in [-0.15, -0.1) is 0 Å². The summed E-state index contributed by atoms with van der Waals surface area (Å²) in [5.41, 5.74) is 1.79. The minimum absolute atomic E-state index is 0.362. The van der Waals surface area contributed by atoms with Gasteiger partial charge in [-0.3, -0.25) is 0 Å². The molecule has 1 atom stereocenters. The monoisotopic (exact) mass is 259 g/mol. The van der Waals surface area contributed by atoms with Gasteiger partial charge in [0.1, 0.15) is 11.4 Å². The summed E-state index contributed by atoms with van der Waals surface area (Å²) in [4.78, 5) is 0. The molecule has 0 saturated heterocycles. The number of hydrogen-bond acceptors (Lipinski definition) is 2. The van der Waals surface area contributed by atoms with E-state index in [0.29, 0.717) is 5.02 Å². The Morgan fingerprint density at radius 1 is 1.17 bits per heavy atom. The molecule has 0 amide bonds. The van der Waals surface area contributed by atoms with Gasteiger partial charge < -0.3 is 10.1 Å². The van der Waals surface area contributed by atoms with E-state index in [1.54, 1.807) is 0 Å². The second kappa shape index (κ2) is 4.21. The van der Waals surface area contributed by atoms with Crippen LogP contribution >= 0.6 is 11.6 Å². The molecule has 0 bridgehead atoms. The van der Waals surface area contributed by atoms with Crippen LogP contribution in [0.5, 0.6) is 5.75 Å². The van der Waals surface area contributed by atoms with Crippen molar-refractivity contribution in [1.29, 1.82) is 0 Å². The lowest BCUT2D eigenvalue weighted by atomic mass is 9.94. The van der Waals surface area contributed by atoms with E-state index < -0.39 is 0 Å². The van der Waals surface area contributed by atoms with Crippen molar-refractivity contribution in [3.8, 4) is 5.75 Å². The fourth-order valence-electron chi connectivity index (χ4n) is 2.22. The number of ether oxygens (including phenoxy) is 1. The molecule has 2 aromatic carbocycles. The highest BCUT2D eigenvalue weighted by Gasteiger charge is 2.33. The van der Waals surface area contributed by atoms with Crippen LogP contribution in [0, 0.1) is 0 Å². The van der Waals surface area contributed by atoms with Gasteiger partial charge in [0.05, 0.1) is 12.2 Å². The van der Waals surface area contributed by atoms with Crippen molar-refractivity contribution in [3.63, 3.8) is 0 Å². The van der Waals surface area contributed by atoms with Crippen LogP contribution < -0.4 is 10.1 Å².